The molecule has 38 heavy (non-hydrogen) atoms. The van der Waals surface area contributed by atoms with E-state index in [1.807, 2.05) is 49.4 Å². The molecule has 1 N–H and O–H groups in total. The van der Waals surface area contributed by atoms with Crippen molar-refractivity contribution in [2.75, 3.05) is 26.7 Å². The van der Waals surface area contributed by atoms with E-state index >= 15 is 0 Å². The minimum absolute atomic E-state index is 0.00926. The molecule has 0 radical (unpaired) electrons. The summed E-state index contributed by atoms with van der Waals surface area (Å²) >= 11 is 0. The second-order valence-corrected chi connectivity index (χ2v) is 11.8. The quantitative estimate of drug-likeness (QED) is 0.507. The molecule has 7 nitrogen and oxygen atoms in total. The van der Waals surface area contributed by atoms with Crippen molar-refractivity contribution < 1.29 is 27.4 Å². The topological polar surface area (TPSA) is 87.2 Å². The van der Waals surface area contributed by atoms with Crippen molar-refractivity contribution in [3.05, 3.63) is 89.7 Å². The van der Waals surface area contributed by atoms with Crippen LogP contribution >= 0.6 is 0 Å². The fraction of sp³-hybridized carbons (Fsp3) is 0.345. The second kappa shape index (κ2) is 11.7. The summed E-state index contributed by atoms with van der Waals surface area (Å²) in [5, 5.41) is 9.96. The molecule has 0 saturated carbocycles. The Morgan fingerprint density at radius 3 is 2.39 bits per heavy atom. The highest BCUT2D eigenvalue weighted by atomic mass is 32.2. The van der Waals surface area contributed by atoms with Gasteiger partial charge in [0.05, 0.1) is 30.3 Å². The zero-order chi connectivity index (χ0) is 27.4. The highest BCUT2D eigenvalue weighted by Crippen LogP contribution is 2.31. The number of nitrogens with zero attached hydrogens (tertiary/aromatic N) is 2. The molecular formula is C29H33FN2O5S. The molecule has 0 aromatic heterocycles. The van der Waals surface area contributed by atoms with Gasteiger partial charge in [-0.15, -0.1) is 0 Å². The summed E-state index contributed by atoms with van der Waals surface area (Å²) in [6, 6.07) is 19.4. The minimum atomic E-state index is -3.99. The average molecular weight is 541 g/mol. The number of halogens is 1. The van der Waals surface area contributed by atoms with Crippen LogP contribution in [0.2, 0.25) is 0 Å². The first-order chi connectivity index (χ1) is 18.1. The monoisotopic (exact) mass is 540 g/mol. The number of ether oxygens (including phenoxy) is 1. The van der Waals surface area contributed by atoms with E-state index < -0.39 is 28.0 Å². The molecule has 0 spiro atoms. The number of likely N-dealkylation sites (N-methyl/N-ethyl adjacent to an activating group) is 1. The van der Waals surface area contributed by atoms with Crippen LogP contribution in [0.3, 0.4) is 0 Å². The standard InChI is InChI=1S/C29H33FN2O5S/c1-20-16-32(21(2)18-33)29(34)27-14-7-6-13-26(27)25-12-5-4-9-22(25)19-37-28(20)17-31(3)38(35,36)24-11-8-10-23(30)15-24/h4-15,20-21,28,33H,16-19H2,1-3H3/t20-,21+,28-/m0/s1. The van der Waals surface area contributed by atoms with Gasteiger partial charge in [-0.05, 0) is 47.9 Å². The lowest BCUT2D eigenvalue weighted by atomic mass is 9.94. The van der Waals surface area contributed by atoms with Gasteiger partial charge in [0.1, 0.15) is 5.82 Å². The fourth-order valence-corrected chi connectivity index (χ4v) is 5.93. The van der Waals surface area contributed by atoms with Crippen molar-refractivity contribution in [2.24, 2.45) is 5.92 Å². The molecule has 0 bridgehead atoms. The molecule has 0 saturated heterocycles. The van der Waals surface area contributed by atoms with E-state index in [4.69, 9.17) is 4.74 Å². The van der Waals surface area contributed by atoms with Crippen molar-refractivity contribution in [2.45, 2.75) is 37.5 Å². The molecule has 1 heterocycles. The first-order valence-corrected chi connectivity index (χ1v) is 14.0. The SMILES string of the molecule is C[C@H](CO)N1C[C@H](C)[C@H](CN(C)S(=O)(=O)c2cccc(F)c2)OCc2ccccc2-c2ccccc2C1=O. The van der Waals surface area contributed by atoms with Crippen LogP contribution in [0.5, 0.6) is 0 Å². The Bertz CT molecular complexity index is 1400. The van der Waals surface area contributed by atoms with Crippen LogP contribution in [0.15, 0.2) is 77.7 Å². The predicted octanol–water partition coefficient (Wildman–Crippen LogP) is 4.17. The molecule has 3 aromatic rings. The normalized spacial score (nSPS) is 19.4. The lowest BCUT2D eigenvalue weighted by Crippen LogP contribution is -2.47. The first kappa shape index (κ1) is 27.9. The lowest BCUT2D eigenvalue weighted by molar-refractivity contribution is -0.0146. The molecule has 202 valence electrons. The smallest absolute Gasteiger partial charge is 0.254 e. The largest absolute Gasteiger partial charge is 0.394 e. The van der Waals surface area contributed by atoms with Crippen LogP contribution in [-0.4, -0.2) is 67.5 Å². The van der Waals surface area contributed by atoms with Crippen molar-refractivity contribution in [1.82, 2.24) is 9.21 Å². The summed E-state index contributed by atoms with van der Waals surface area (Å²) < 4.78 is 47.7. The number of amides is 1. The number of hydrogen-bond acceptors (Lipinski definition) is 5. The van der Waals surface area contributed by atoms with Gasteiger partial charge in [-0.2, -0.15) is 4.31 Å². The number of hydrogen-bond donors (Lipinski definition) is 1. The highest BCUT2D eigenvalue weighted by Gasteiger charge is 2.32. The number of benzene rings is 3. The van der Waals surface area contributed by atoms with Gasteiger partial charge >= 0.3 is 0 Å². The van der Waals surface area contributed by atoms with Gasteiger partial charge in [0.25, 0.3) is 5.91 Å². The molecular weight excluding hydrogens is 507 g/mol. The van der Waals surface area contributed by atoms with E-state index in [1.54, 1.807) is 17.9 Å². The molecule has 0 aliphatic carbocycles. The summed E-state index contributed by atoms with van der Waals surface area (Å²) in [5.41, 5.74) is 3.01. The molecule has 1 aliphatic heterocycles. The zero-order valence-electron chi connectivity index (χ0n) is 21.7. The molecule has 4 rings (SSSR count). The summed E-state index contributed by atoms with van der Waals surface area (Å²) in [5.74, 6) is -1.15. The maximum atomic E-state index is 13.9. The zero-order valence-corrected chi connectivity index (χ0v) is 22.6. The number of rotatable bonds is 6. The summed E-state index contributed by atoms with van der Waals surface area (Å²) in [7, 11) is -2.55. The Kier molecular flexibility index (Phi) is 8.62. The summed E-state index contributed by atoms with van der Waals surface area (Å²) in [6.07, 6.45) is -0.598. The minimum Gasteiger partial charge on any atom is -0.394 e. The van der Waals surface area contributed by atoms with Gasteiger partial charge in [0, 0.05) is 31.6 Å². The van der Waals surface area contributed by atoms with Crippen LogP contribution in [0.1, 0.15) is 29.8 Å². The Hall–Kier alpha value is -3.11. The van der Waals surface area contributed by atoms with Crippen molar-refractivity contribution in [3.8, 4) is 11.1 Å². The van der Waals surface area contributed by atoms with Gasteiger partial charge in [-0.1, -0.05) is 55.5 Å². The van der Waals surface area contributed by atoms with Crippen LogP contribution < -0.4 is 0 Å². The van der Waals surface area contributed by atoms with Gasteiger partial charge < -0.3 is 14.7 Å². The number of aliphatic hydroxyl groups is 1. The van der Waals surface area contributed by atoms with E-state index in [-0.39, 0.29) is 43.0 Å². The van der Waals surface area contributed by atoms with E-state index in [2.05, 4.69) is 0 Å². The van der Waals surface area contributed by atoms with E-state index in [0.717, 1.165) is 27.1 Å². The average Bonchev–Trinajstić information content (AvgIpc) is 2.94. The Labute approximate surface area is 223 Å². The molecule has 9 heteroatoms. The number of fused-ring (bicyclic) bond motifs is 3. The second-order valence-electron chi connectivity index (χ2n) is 9.76. The fourth-order valence-electron chi connectivity index (χ4n) is 4.71. The van der Waals surface area contributed by atoms with Gasteiger partial charge in [0.2, 0.25) is 10.0 Å². The van der Waals surface area contributed by atoms with Crippen molar-refractivity contribution in [1.29, 1.82) is 0 Å². The van der Waals surface area contributed by atoms with E-state index in [0.29, 0.717) is 5.56 Å². The van der Waals surface area contributed by atoms with Crippen LogP contribution in [0.4, 0.5) is 4.39 Å². The van der Waals surface area contributed by atoms with Gasteiger partial charge in [0.15, 0.2) is 0 Å². The van der Waals surface area contributed by atoms with Crippen LogP contribution in [0, 0.1) is 11.7 Å². The number of aliphatic hydroxyl groups excluding tert-OH is 1. The highest BCUT2D eigenvalue weighted by molar-refractivity contribution is 7.89. The van der Waals surface area contributed by atoms with Gasteiger partial charge in [-0.25, -0.2) is 12.8 Å². The number of carbonyl (C=O) groups is 1. The number of carbonyl (C=O) groups excluding carboxylic acids is 1. The molecule has 3 atom stereocenters. The number of sulfonamides is 1. The molecule has 0 fully saturated rings. The van der Waals surface area contributed by atoms with Crippen LogP contribution in [-0.2, 0) is 21.4 Å². The van der Waals surface area contributed by atoms with Crippen LogP contribution in [0.25, 0.3) is 11.1 Å². The summed E-state index contributed by atoms with van der Waals surface area (Å²) in [4.78, 5) is 15.3. The Balaban J connectivity index is 1.73. The maximum absolute atomic E-state index is 13.9. The molecule has 1 amide bonds. The molecule has 0 unspecified atom stereocenters. The lowest BCUT2D eigenvalue weighted by Gasteiger charge is -2.35. The van der Waals surface area contributed by atoms with Crippen molar-refractivity contribution >= 4 is 15.9 Å². The third kappa shape index (κ3) is 5.81. The molecule has 3 aromatic carbocycles. The third-order valence-corrected chi connectivity index (χ3v) is 8.86. The Morgan fingerprint density at radius 2 is 1.71 bits per heavy atom. The maximum Gasteiger partial charge on any atom is 0.254 e. The summed E-state index contributed by atoms with van der Waals surface area (Å²) in [6.45, 7) is 3.88. The third-order valence-electron chi connectivity index (χ3n) is 7.04. The predicted molar refractivity (Wildman–Crippen MR) is 143 cm³/mol. The first-order valence-electron chi connectivity index (χ1n) is 12.6. The van der Waals surface area contributed by atoms with Crippen molar-refractivity contribution in [3.63, 3.8) is 0 Å². The van der Waals surface area contributed by atoms with E-state index in [1.165, 1.54) is 25.2 Å². The van der Waals surface area contributed by atoms with E-state index in [9.17, 15) is 22.7 Å². The molecule has 1 aliphatic rings. The Morgan fingerprint density at radius 1 is 1.05 bits per heavy atom. The van der Waals surface area contributed by atoms with Gasteiger partial charge in [-0.3, -0.25) is 4.79 Å².